The molecule has 1 aliphatic carbocycles. The lowest BCUT2D eigenvalue weighted by Crippen LogP contribution is -2.28. The van der Waals surface area contributed by atoms with Gasteiger partial charge >= 0.3 is 0 Å². The monoisotopic (exact) mass is 318 g/mol. The van der Waals surface area contributed by atoms with Gasteiger partial charge in [-0.15, -0.1) is 0 Å². The Morgan fingerprint density at radius 2 is 1.82 bits per heavy atom. The summed E-state index contributed by atoms with van der Waals surface area (Å²) in [5, 5.41) is 0.131. The molecule has 1 aliphatic rings. The Balaban J connectivity index is 2.67. The Morgan fingerprint density at radius 1 is 1.29 bits per heavy atom. The van der Waals surface area contributed by atoms with Crippen LogP contribution in [0.1, 0.15) is 59.8 Å². The topological polar surface area (TPSA) is 0 Å². The Labute approximate surface area is 121 Å². The highest BCUT2D eigenvalue weighted by molar-refractivity contribution is 9.12. The van der Waals surface area contributed by atoms with Crippen molar-refractivity contribution in [1.29, 1.82) is 0 Å². The quantitative estimate of drug-likeness (QED) is 0.553. The second-order valence-corrected chi connectivity index (χ2v) is 7.64. The summed E-state index contributed by atoms with van der Waals surface area (Å²) in [6.07, 6.45) is 9.29. The maximum Gasteiger partial charge on any atom is 0.295 e. The van der Waals surface area contributed by atoms with E-state index >= 15 is 0 Å². The van der Waals surface area contributed by atoms with Gasteiger partial charge in [0.25, 0.3) is 6.13 Å². The van der Waals surface area contributed by atoms with Gasteiger partial charge in [0.05, 0.1) is 0 Å². The van der Waals surface area contributed by atoms with Gasteiger partial charge in [-0.05, 0) is 34.4 Å². The summed E-state index contributed by atoms with van der Waals surface area (Å²) in [5.41, 5.74) is 0. The molecule has 0 amide bonds. The Morgan fingerprint density at radius 3 is 2.29 bits per heavy atom. The third-order valence-corrected chi connectivity index (χ3v) is 6.21. The molecule has 1 rings (SSSR count). The van der Waals surface area contributed by atoms with E-state index in [1.165, 1.54) is 36.5 Å². The summed E-state index contributed by atoms with van der Waals surface area (Å²) in [4.78, 5) is 0. The minimum Gasteiger partial charge on any atom is -0.188 e. The molecule has 0 spiro atoms. The first-order valence-corrected chi connectivity index (χ1v) is 8.10. The first-order valence-electron chi connectivity index (χ1n) is 6.87. The summed E-state index contributed by atoms with van der Waals surface area (Å²) in [7, 11) is 0. The highest BCUT2D eigenvalue weighted by atomic mass is 79.9. The molecule has 0 aliphatic heterocycles. The molecule has 1 saturated carbocycles. The Hall–Kier alpha value is 0.575. The van der Waals surface area contributed by atoms with Crippen LogP contribution in [0.25, 0.3) is 0 Å². The minimum atomic E-state index is 0.0874. The van der Waals surface area contributed by atoms with Crippen molar-refractivity contribution in [3.05, 3.63) is 10.5 Å². The van der Waals surface area contributed by atoms with Gasteiger partial charge in [-0.1, -0.05) is 69.0 Å². The number of hydrogen-bond donors (Lipinski definition) is 0. The Kier molecular flexibility index (Phi) is 6.12. The van der Waals surface area contributed by atoms with Crippen LogP contribution in [0, 0.1) is 11.8 Å². The lowest BCUT2D eigenvalue weighted by molar-refractivity contribution is 0.419. The van der Waals surface area contributed by atoms with Crippen LogP contribution in [-0.4, -0.2) is 6.13 Å². The zero-order chi connectivity index (χ0) is 13.1. The van der Waals surface area contributed by atoms with Crippen molar-refractivity contribution in [2.75, 3.05) is 0 Å². The first-order chi connectivity index (χ1) is 7.85. The van der Waals surface area contributed by atoms with Crippen LogP contribution in [0.4, 0.5) is 0 Å². The van der Waals surface area contributed by atoms with Gasteiger partial charge in [-0.2, -0.15) is 11.5 Å². The van der Waals surface area contributed by atoms with E-state index in [1.54, 1.807) is 0 Å². The van der Waals surface area contributed by atoms with Crippen molar-refractivity contribution in [2.24, 2.45) is 11.8 Å². The van der Waals surface area contributed by atoms with E-state index in [-0.39, 0.29) is 11.4 Å². The lowest BCUT2D eigenvalue weighted by atomic mass is 9.48. The van der Waals surface area contributed by atoms with E-state index in [9.17, 15) is 0 Å². The number of hydrogen-bond acceptors (Lipinski definition) is 0. The highest BCUT2D eigenvalue weighted by Gasteiger charge is 2.37. The SMILES string of the molecule is CC(C)C(C)(C)B(Cl)/C(Br)=C/C1CCCCC1. The van der Waals surface area contributed by atoms with E-state index in [2.05, 4.69) is 49.7 Å². The molecule has 1 fully saturated rings. The minimum absolute atomic E-state index is 0.0874. The molecule has 98 valence electrons. The molecular weight excluding hydrogens is 294 g/mol. The van der Waals surface area contributed by atoms with Crippen molar-refractivity contribution in [3.8, 4) is 0 Å². The van der Waals surface area contributed by atoms with Crippen molar-refractivity contribution in [3.63, 3.8) is 0 Å². The molecule has 0 nitrogen and oxygen atoms in total. The van der Waals surface area contributed by atoms with Crippen LogP contribution in [-0.2, 0) is 0 Å². The predicted molar refractivity (Wildman–Crippen MR) is 84.1 cm³/mol. The zero-order valence-corrected chi connectivity index (χ0v) is 13.9. The largest absolute Gasteiger partial charge is 0.295 e. The maximum absolute atomic E-state index is 6.62. The maximum atomic E-state index is 6.62. The fourth-order valence-corrected chi connectivity index (χ4v) is 3.55. The summed E-state index contributed by atoms with van der Waals surface area (Å²) in [6.45, 7) is 9.00. The molecule has 0 atom stereocenters. The third-order valence-electron chi connectivity index (χ3n) is 4.43. The molecule has 0 bridgehead atoms. The first kappa shape index (κ1) is 15.6. The highest BCUT2D eigenvalue weighted by Crippen LogP contribution is 2.43. The van der Waals surface area contributed by atoms with Gasteiger partial charge in [-0.25, -0.2) is 0 Å². The molecule has 0 unspecified atom stereocenters. The lowest BCUT2D eigenvalue weighted by Gasteiger charge is -2.32. The summed E-state index contributed by atoms with van der Waals surface area (Å²) >= 11 is 10.3. The zero-order valence-electron chi connectivity index (χ0n) is 11.6. The molecule has 0 aromatic heterocycles. The van der Waals surface area contributed by atoms with Gasteiger partial charge in [-0.3, -0.25) is 0 Å². The normalized spacial score (nSPS) is 19.8. The van der Waals surface area contributed by atoms with E-state index in [4.69, 9.17) is 11.5 Å². The molecule has 0 radical (unpaired) electrons. The fourth-order valence-electron chi connectivity index (χ4n) is 2.26. The van der Waals surface area contributed by atoms with E-state index < -0.39 is 0 Å². The predicted octanol–water partition coefficient (Wildman–Crippen LogP) is 6.05. The van der Waals surface area contributed by atoms with Crippen LogP contribution in [0.2, 0.25) is 5.31 Å². The van der Waals surface area contributed by atoms with E-state index in [0.29, 0.717) is 5.92 Å². The average Bonchev–Trinajstić information content (AvgIpc) is 2.29. The molecule has 0 aromatic carbocycles. The van der Waals surface area contributed by atoms with Gasteiger partial charge in [0.2, 0.25) is 0 Å². The fraction of sp³-hybridized carbons (Fsp3) is 0.857. The third kappa shape index (κ3) is 4.31. The van der Waals surface area contributed by atoms with Crippen molar-refractivity contribution in [1.82, 2.24) is 0 Å². The number of allylic oxidation sites excluding steroid dienone is 1. The van der Waals surface area contributed by atoms with Crippen LogP contribution < -0.4 is 0 Å². The number of rotatable bonds is 4. The van der Waals surface area contributed by atoms with Crippen LogP contribution in [0.5, 0.6) is 0 Å². The van der Waals surface area contributed by atoms with Gasteiger partial charge < -0.3 is 0 Å². The van der Waals surface area contributed by atoms with Gasteiger partial charge in [0, 0.05) is 0 Å². The number of halogens is 2. The molecule has 0 saturated heterocycles. The standard InChI is InChI=1S/C14H25BBrCl/c1-11(2)14(3,4)15(17)13(16)10-12-8-6-5-7-9-12/h10-12H,5-9H2,1-4H3/b13-10-. The summed E-state index contributed by atoms with van der Waals surface area (Å²) in [6, 6.07) is 0. The smallest absolute Gasteiger partial charge is 0.188 e. The molecule has 3 heteroatoms. The van der Waals surface area contributed by atoms with Gasteiger partial charge in [0.15, 0.2) is 0 Å². The van der Waals surface area contributed by atoms with E-state index in [1.807, 2.05) is 0 Å². The second kappa shape index (κ2) is 6.66. The molecule has 0 N–H and O–H groups in total. The molecule has 17 heavy (non-hydrogen) atoms. The van der Waals surface area contributed by atoms with Crippen LogP contribution in [0.15, 0.2) is 10.5 Å². The van der Waals surface area contributed by atoms with Crippen LogP contribution in [0.3, 0.4) is 0 Å². The van der Waals surface area contributed by atoms with Crippen molar-refractivity contribution in [2.45, 2.75) is 65.1 Å². The summed E-state index contributed by atoms with van der Waals surface area (Å²) in [5.74, 6) is 1.32. The molecular formula is C14H25BBrCl. The van der Waals surface area contributed by atoms with Crippen molar-refractivity contribution < 1.29 is 0 Å². The molecule has 0 aromatic rings. The second-order valence-electron chi connectivity index (χ2n) is 6.29. The van der Waals surface area contributed by atoms with Crippen LogP contribution >= 0.6 is 27.4 Å². The van der Waals surface area contributed by atoms with E-state index in [0.717, 1.165) is 5.92 Å². The van der Waals surface area contributed by atoms with Gasteiger partial charge in [0.1, 0.15) is 0 Å². The Bertz CT molecular complexity index is 267. The average molecular weight is 320 g/mol. The molecule has 0 heterocycles. The summed E-state index contributed by atoms with van der Waals surface area (Å²) < 4.78 is 1.20. The van der Waals surface area contributed by atoms with Crippen molar-refractivity contribution >= 4 is 33.5 Å².